The molecule has 9 aromatic carbocycles. The monoisotopic (exact) mass is 689 g/mol. The van der Waals surface area contributed by atoms with Gasteiger partial charge in [-0.2, -0.15) is 0 Å². The van der Waals surface area contributed by atoms with Crippen molar-refractivity contribution in [1.29, 1.82) is 0 Å². The fraction of sp³-hybridized carbons (Fsp3) is 0. The highest BCUT2D eigenvalue weighted by atomic mass is 16.3. The van der Waals surface area contributed by atoms with Gasteiger partial charge in [0.15, 0.2) is 0 Å². The van der Waals surface area contributed by atoms with E-state index in [1.807, 2.05) is 0 Å². The highest BCUT2D eigenvalue weighted by molar-refractivity contribution is 6.19. The van der Waals surface area contributed by atoms with Gasteiger partial charge in [0, 0.05) is 33.2 Å². The summed E-state index contributed by atoms with van der Waals surface area (Å²) in [4.78, 5) is 2.32. The second kappa shape index (κ2) is 13.4. The van der Waals surface area contributed by atoms with Crippen molar-refractivity contribution in [2.45, 2.75) is 0 Å². The molecule has 54 heavy (non-hydrogen) atoms. The molecule has 2 nitrogen and oxygen atoms in total. The molecule has 0 saturated carbocycles. The average Bonchev–Trinajstić information content (AvgIpc) is 3.65. The van der Waals surface area contributed by atoms with Gasteiger partial charge in [0.25, 0.3) is 0 Å². The smallest absolute Gasteiger partial charge is 0.143 e. The second-order valence-electron chi connectivity index (χ2n) is 13.7. The number of rotatable bonds is 7. The van der Waals surface area contributed by atoms with Gasteiger partial charge in [0.2, 0.25) is 0 Å². The number of fused-ring (bicyclic) bond motifs is 5. The summed E-state index contributed by atoms with van der Waals surface area (Å²) >= 11 is 0. The van der Waals surface area contributed by atoms with Crippen molar-refractivity contribution in [2.24, 2.45) is 0 Å². The van der Waals surface area contributed by atoms with E-state index >= 15 is 0 Å². The molecule has 0 amide bonds. The van der Waals surface area contributed by atoms with Crippen LogP contribution >= 0.6 is 0 Å². The fourth-order valence-electron chi connectivity index (χ4n) is 7.80. The Morgan fingerprint density at radius 2 is 0.815 bits per heavy atom. The van der Waals surface area contributed by atoms with E-state index in [1.54, 1.807) is 0 Å². The van der Waals surface area contributed by atoms with Crippen molar-refractivity contribution in [3.8, 4) is 44.5 Å². The van der Waals surface area contributed by atoms with Crippen molar-refractivity contribution in [3.63, 3.8) is 0 Å². The van der Waals surface area contributed by atoms with Gasteiger partial charge in [-0.25, -0.2) is 0 Å². The molecule has 0 aliphatic carbocycles. The second-order valence-corrected chi connectivity index (χ2v) is 13.7. The molecule has 10 aromatic rings. The fourth-order valence-corrected chi connectivity index (χ4v) is 7.80. The van der Waals surface area contributed by atoms with Crippen LogP contribution in [0.15, 0.2) is 217 Å². The minimum Gasteiger partial charge on any atom is -0.455 e. The summed E-state index contributed by atoms with van der Waals surface area (Å²) in [5.74, 6) is 0. The highest BCUT2D eigenvalue weighted by Crippen LogP contribution is 2.42. The third kappa shape index (κ3) is 5.71. The average molecular weight is 690 g/mol. The van der Waals surface area contributed by atoms with Crippen molar-refractivity contribution in [3.05, 3.63) is 212 Å². The molecular weight excluding hydrogens is 655 g/mol. The van der Waals surface area contributed by atoms with Crippen LogP contribution in [0.2, 0.25) is 0 Å². The molecule has 0 spiro atoms. The van der Waals surface area contributed by atoms with Crippen molar-refractivity contribution >= 4 is 49.8 Å². The zero-order valence-corrected chi connectivity index (χ0v) is 29.6. The van der Waals surface area contributed by atoms with Crippen LogP contribution in [0.5, 0.6) is 0 Å². The van der Waals surface area contributed by atoms with E-state index in [9.17, 15) is 0 Å². The number of hydrogen-bond acceptors (Lipinski definition) is 2. The molecule has 10 rings (SSSR count). The predicted octanol–water partition coefficient (Wildman–Crippen LogP) is 14.9. The lowest BCUT2D eigenvalue weighted by molar-refractivity contribution is 0.673. The zero-order valence-electron chi connectivity index (χ0n) is 29.6. The first-order valence-electron chi connectivity index (χ1n) is 18.4. The van der Waals surface area contributed by atoms with Crippen molar-refractivity contribution < 1.29 is 4.42 Å². The molecule has 0 aliphatic heterocycles. The SMILES string of the molecule is c1ccc(-c2cc(-c3ccccc3)cc(-c3ccc(N(c4ccccc4)c4ccc(-c5cccc6oc7c8ccccc8ccc7c56)cc4)cc3)c2)cc1. The molecule has 2 heteroatoms. The molecule has 1 aromatic heterocycles. The minimum atomic E-state index is 0.902. The Bertz CT molecular complexity index is 2840. The van der Waals surface area contributed by atoms with Gasteiger partial charge in [0.1, 0.15) is 11.2 Å². The highest BCUT2D eigenvalue weighted by Gasteiger charge is 2.17. The summed E-state index contributed by atoms with van der Waals surface area (Å²) in [5, 5.41) is 4.60. The lowest BCUT2D eigenvalue weighted by Crippen LogP contribution is -2.09. The summed E-state index contributed by atoms with van der Waals surface area (Å²) in [6.07, 6.45) is 0. The van der Waals surface area contributed by atoms with Gasteiger partial charge in [0.05, 0.1) is 0 Å². The van der Waals surface area contributed by atoms with Crippen molar-refractivity contribution in [2.75, 3.05) is 4.90 Å². The van der Waals surface area contributed by atoms with E-state index in [0.717, 1.165) is 55.5 Å². The number of benzene rings is 9. The van der Waals surface area contributed by atoms with E-state index in [2.05, 4.69) is 217 Å². The van der Waals surface area contributed by atoms with E-state index < -0.39 is 0 Å². The van der Waals surface area contributed by atoms with E-state index in [0.29, 0.717) is 0 Å². The lowest BCUT2D eigenvalue weighted by atomic mass is 9.93. The predicted molar refractivity (Wildman–Crippen MR) is 228 cm³/mol. The molecule has 0 N–H and O–H groups in total. The number of hydrogen-bond donors (Lipinski definition) is 0. The first kappa shape index (κ1) is 31.6. The van der Waals surface area contributed by atoms with Gasteiger partial charge in [-0.3, -0.25) is 0 Å². The number of para-hydroxylation sites is 1. The zero-order chi connectivity index (χ0) is 35.8. The van der Waals surface area contributed by atoms with Gasteiger partial charge >= 0.3 is 0 Å². The van der Waals surface area contributed by atoms with Crippen LogP contribution in [0.3, 0.4) is 0 Å². The minimum absolute atomic E-state index is 0.902. The molecule has 0 radical (unpaired) electrons. The first-order chi connectivity index (χ1) is 26.8. The van der Waals surface area contributed by atoms with Gasteiger partial charge < -0.3 is 9.32 Å². The maximum atomic E-state index is 6.50. The third-order valence-electron chi connectivity index (χ3n) is 10.4. The molecule has 0 fully saturated rings. The van der Waals surface area contributed by atoms with Crippen LogP contribution in [0.25, 0.3) is 77.2 Å². The van der Waals surface area contributed by atoms with Crippen LogP contribution in [-0.2, 0) is 0 Å². The topological polar surface area (TPSA) is 16.4 Å². The maximum absolute atomic E-state index is 6.50. The first-order valence-corrected chi connectivity index (χ1v) is 18.4. The van der Waals surface area contributed by atoms with Gasteiger partial charge in [-0.1, -0.05) is 146 Å². The van der Waals surface area contributed by atoms with Gasteiger partial charge in [-0.15, -0.1) is 0 Å². The Morgan fingerprint density at radius 3 is 1.43 bits per heavy atom. The Balaban J connectivity index is 1.03. The Kier molecular flexibility index (Phi) is 7.85. The van der Waals surface area contributed by atoms with E-state index in [1.165, 1.54) is 38.8 Å². The largest absolute Gasteiger partial charge is 0.455 e. The molecule has 254 valence electrons. The van der Waals surface area contributed by atoms with E-state index in [4.69, 9.17) is 4.42 Å². The third-order valence-corrected chi connectivity index (χ3v) is 10.4. The molecule has 0 aliphatic rings. The number of nitrogens with zero attached hydrogens (tertiary/aromatic N) is 1. The lowest BCUT2D eigenvalue weighted by Gasteiger charge is -2.26. The molecule has 0 saturated heterocycles. The quantitative estimate of drug-likeness (QED) is 0.166. The summed E-state index contributed by atoms with van der Waals surface area (Å²) in [6, 6.07) is 75.8. The van der Waals surface area contributed by atoms with Gasteiger partial charge in [-0.05, 0) is 117 Å². The summed E-state index contributed by atoms with van der Waals surface area (Å²) < 4.78 is 6.50. The maximum Gasteiger partial charge on any atom is 0.143 e. The number of anilines is 3. The van der Waals surface area contributed by atoms with Crippen LogP contribution in [0.4, 0.5) is 17.1 Å². The Hall–Kier alpha value is -7.16. The van der Waals surface area contributed by atoms with Crippen LogP contribution in [0, 0.1) is 0 Å². The molecule has 0 bridgehead atoms. The normalized spacial score (nSPS) is 11.3. The molecular formula is C52H35NO. The van der Waals surface area contributed by atoms with Crippen molar-refractivity contribution in [1.82, 2.24) is 0 Å². The number of furan rings is 1. The summed E-state index contributed by atoms with van der Waals surface area (Å²) in [7, 11) is 0. The standard InChI is InChI=1S/C52H35NO/c1-4-13-36(14-5-1)41-33-42(37-15-6-2-7-16-37)35-43(34-41)38-23-28-45(29-24-38)53(44-18-8-3-9-19-44)46-30-25-40(26-31-46)47-21-12-22-50-51(47)49-32-27-39-17-10-11-20-48(39)52(49)54-50/h1-35H. The van der Waals surface area contributed by atoms with Crippen LogP contribution in [0.1, 0.15) is 0 Å². The van der Waals surface area contributed by atoms with E-state index in [-0.39, 0.29) is 0 Å². The van der Waals surface area contributed by atoms with Crippen LogP contribution in [-0.4, -0.2) is 0 Å². The van der Waals surface area contributed by atoms with Crippen LogP contribution < -0.4 is 4.90 Å². The Morgan fingerprint density at radius 1 is 0.315 bits per heavy atom. The summed E-state index contributed by atoms with van der Waals surface area (Å²) in [5.41, 5.74) is 14.6. The summed E-state index contributed by atoms with van der Waals surface area (Å²) in [6.45, 7) is 0. The molecule has 0 unspecified atom stereocenters. The Labute approximate surface area is 314 Å². The molecule has 0 atom stereocenters. The molecule has 1 heterocycles.